The minimum absolute atomic E-state index is 0.00566. The van der Waals surface area contributed by atoms with E-state index in [-0.39, 0.29) is 43.4 Å². The number of carboxylic acid groups (broad SMARTS) is 1. The van der Waals surface area contributed by atoms with Gasteiger partial charge in [-0.1, -0.05) is 62.4 Å². The fourth-order valence-electron chi connectivity index (χ4n) is 4.48. The first kappa shape index (κ1) is 25.3. The lowest BCUT2D eigenvalue weighted by atomic mass is 9.95. The van der Waals surface area contributed by atoms with E-state index in [2.05, 4.69) is 34.9 Å². The number of fused-ring (bicyclic) bond motifs is 3. The van der Waals surface area contributed by atoms with Gasteiger partial charge in [-0.15, -0.1) is 0 Å². The van der Waals surface area contributed by atoms with Crippen molar-refractivity contribution in [1.82, 2.24) is 10.6 Å². The van der Waals surface area contributed by atoms with E-state index in [1.54, 1.807) is 6.92 Å². The van der Waals surface area contributed by atoms with E-state index in [0.717, 1.165) is 22.3 Å². The Morgan fingerprint density at radius 3 is 2.12 bits per heavy atom. The minimum atomic E-state index is -0.892. The first-order valence-electron chi connectivity index (χ1n) is 11.9. The van der Waals surface area contributed by atoms with Crippen molar-refractivity contribution in [2.24, 2.45) is 11.8 Å². The third kappa shape index (κ3) is 6.59. The van der Waals surface area contributed by atoms with Crippen LogP contribution in [0.25, 0.3) is 11.1 Å². The molecule has 0 bridgehead atoms. The van der Waals surface area contributed by atoms with Crippen LogP contribution in [0.5, 0.6) is 0 Å². The van der Waals surface area contributed by atoms with E-state index in [0.29, 0.717) is 12.8 Å². The van der Waals surface area contributed by atoms with Crippen LogP contribution < -0.4 is 10.6 Å². The van der Waals surface area contributed by atoms with Gasteiger partial charge in [0.05, 0.1) is 5.92 Å². The SMILES string of the molecule is CC(C)CC(CNC(=O)OCC1c2ccccc2-c2ccccc21)C(=O)NC(C)CCC(=O)O. The number of hydrogen-bond acceptors (Lipinski definition) is 4. The highest BCUT2D eigenvalue weighted by Crippen LogP contribution is 2.44. The predicted molar refractivity (Wildman–Crippen MR) is 130 cm³/mol. The zero-order chi connectivity index (χ0) is 24.7. The van der Waals surface area contributed by atoms with Crippen molar-refractivity contribution in [3.8, 4) is 11.1 Å². The molecule has 1 aliphatic carbocycles. The number of benzene rings is 2. The molecule has 7 nitrogen and oxygen atoms in total. The van der Waals surface area contributed by atoms with Gasteiger partial charge in [0.2, 0.25) is 5.91 Å². The maximum Gasteiger partial charge on any atom is 0.407 e. The van der Waals surface area contributed by atoms with Crippen LogP contribution >= 0.6 is 0 Å². The number of rotatable bonds is 11. The first-order valence-corrected chi connectivity index (χ1v) is 11.9. The smallest absolute Gasteiger partial charge is 0.407 e. The molecule has 2 amide bonds. The maximum atomic E-state index is 12.7. The second kappa shape index (κ2) is 11.7. The Morgan fingerprint density at radius 1 is 0.971 bits per heavy atom. The lowest BCUT2D eigenvalue weighted by Gasteiger charge is -2.22. The lowest BCUT2D eigenvalue weighted by Crippen LogP contribution is -2.43. The van der Waals surface area contributed by atoms with Crippen molar-refractivity contribution in [2.45, 2.75) is 52.0 Å². The van der Waals surface area contributed by atoms with E-state index in [9.17, 15) is 14.4 Å². The molecule has 0 fully saturated rings. The molecule has 0 saturated heterocycles. The van der Waals surface area contributed by atoms with E-state index in [1.807, 2.05) is 38.1 Å². The molecule has 34 heavy (non-hydrogen) atoms. The zero-order valence-electron chi connectivity index (χ0n) is 20.0. The van der Waals surface area contributed by atoms with Gasteiger partial charge in [-0.25, -0.2) is 4.79 Å². The van der Waals surface area contributed by atoms with Gasteiger partial charge in [0.1, 0.15) is 6.61 Å². The molecule has 0 radical (unpaired) electrons. The number of carbonyl (C=O) groups excluding carboxylic acids is 2. The van der Waals surface area contributed by atoms with Crippen LogP contribution in [0.2, 0.25) is 0 Å². The van der Waals surface area contributed by atoms with Gasteiger partial charge >= 0.3 is 12.1 Å². The molecule has 2 aromatic carbocycles. The van der Waals surface area contributed by atoms with Crippen molar-refractivity contribution < 1.29 is 24.2 Å². The summed E-state index contributed by atoms with van der Waals surface area (Å²) in [4.78, 5) is 36.0. The first-order chi connectivity index (χ1) is 16.3. The Bertz CT molecular complexity index is 974. The van der Waals surface area contributed by atoms with E-state index < -0.39 is 18.0 Å². The summed E-state index contributed by atoms with van der Waals surface area (Å²) in [6, 6.07) is 16.0. The third-order valence-corrected chi connectivity index (χ3v) is 6.14. The molecular formula is C27H34N2O5. The Morgan fingerprint density at radius 2 is 1.56 bits per heavy atom. The molecule has 2 atom stereocenters. The zero-order valence-corrected chi connectivity index (χ0v) is 20.0. The number of alkyl carbamates (subject to hydrolysis) is 1. The predicted octanol–water partition coefficient (Wildman–Crippen LogP) is 4.56. The van der Waals surface area contributed by atoms with Crippen molar-refractivity contribution in [2.75, 3.05) is 13.2 Å². The summed E-state index contributed by atoms with van der Waals surface area (Å²) in [5.41, 5.74) is 4.61. The molecule has 2 unspecified atom stereocenters. The van der Waals surface area contributed by atoms with Crippen LogP contribution in [-0.4, -0.2) is 42.3 Å². The van der Waals surface area contributed by atoms with E-state index in [4.69, 9.17) is 9.84 Å². The number of carboxylic acids is 1. The molecule has 1 aliphatic rings. The Labute approximate surface area is 200 Å². The average Bonchev–Trinajstić information content (AvgIpc) is 3.12. The number of amides is 2. The largest absolute Gasteiger partial charge is 0.481 e. The van der Waals surface area contributed by atoms with Gasteiger partial charge in [-0.2, -0.15) is 0 Å². The normalized spacial score (nSPS) is 14.1. The average molecular weight is 467 g/mol. The monoisotopic (exact) mass is 466 g/mol. The number of ether oxygens (including phenoxy) is 1. The molecule has 0 aromatic heterocycles. The van der Waals surface area contributed by atoms with Gasteiger partial charge in [0.25, 0.3) is 0 Å². The summed E-state index contributed by atoms with van der Waals surface area (Å²) >= 11 is 0. The topological polar surface area (TPSA) is 105 Å². The third-order valence-electron chi connectivity index (χ3n) is 6.14. The van der Waals surface area contributed by atoms with Crippen LogP contribution in [0.1, 0.15) is 57.1 Å². The van der Waals surface area contributed by atoms with Crippen LogP contribution in [0.4, 0.5) is 4.79 Å². The quantitative estimate of drug-likeness (QED) is 0.450. The number of carbonyl (C=O) groups is 3. The van der Waals surface area contributed by atoms with Crippen LogP contribution in [0.15, 0.2) is 48.5 Å². The van der Waals surface area contributed by atoms with Crippen LogP contribution in [0.3, 0.4) is 0 Å². The molecule has 0 spiro atoms. The van der Waals surface area contributed by atoms with Crippen LogP contribution in [-0.2, 0) is 14.3 Å². The van der Waals surface area contributed by atoms with Gasteiger partial charge in [-0.05, 0) is 47.9 Å². The standard InChI is InChI=1S/C27H34N2O5/c1-17(2)14-19(26(32)29-18(3)12-13-25(30)31)15-28-27(33)34-16-24-22-10-6-4-8-20(22)21-9-5-7-11-23(21)24/h4-11,17-19,24H,12-16H2,1-3H3,(H,28,33)(H,29,32)(H,30,31). The van der Waals surface area contributed by atoms with E-state index >= 15 is 0 Å². The van der Waals surface area contributed by atoms with Gasteiger partial charge in [0.15, 0.2) is 0 Å². The second-order valence-corrected chi connectivity index (χ2v) is 9.37. The van der Waals surface area contributed by atoms with Crippen molar-refractivity contribution in [1.29, 1.82) is 0 Å². The minimum Gasteiger partial charge on any atom is -0.481 e. The number of aliphatic carboxylic acids is 1. The summed E-state index contributed by atoms with van der Waals surface area (Å²) in [6.45, 7) is 6.19. The molecule has 3 rings (SSSR count). The molecule has 7 heteroatoms. The van der Waals surface area contributed by atoms with Crippen molar-refractivity contribution >= 4 is 18.0 Å². The molecule has 0 heterocycles. The Hall–Kier alpha value is -3.35. The maximum absolute atomic E-state index is 12.7. The Balaban J connectivity index is 1.55. The van der Waals surface area contributed by atoms with Crippen LogP contribution in [0, 0.1) is 11.8 Å². The molecule has 3 N–H and O–H groups in total. The summed E-state index contributed by atoms with van der Waals surface area (Å²) in [5.74, 6) is -1.27. The molecule has 0 aliphatic heterocycles. The summed E-state index contributed by atoms with van der Waals surface area (Å²) < 4.78 is 5.57. The summed E-state index contributed by atoms with van der Waals surface area (Å²) in [6.07, 6.45) is 0.396. The highest BCUT2D eigenvalue weighted by Gasteiger charge is 2.29. The van der Waals surface area contributed by atoms with Gasteiger partial charge in [-0.3, -0.25) is 9.59 Å². The highest BCUT2D eigenvalue weighted by atomic mass is 16.5. The van der Waals surface area contributed by atoms with Crippen molar-refractivity contribution in [3.05, 3.63) is 59.7 Å². The van der Waals surface area contributed by atoms with E-state index in [1.165, 1.54) is 0 Å². The molecule has 182 valence electrons. The highest BCUT2D eigenvalue weighted by molar-refractivity contribution is 5.80. The number of nitrogens with one attached hydrogen (secondary N) is 2. The molecule has 2 aromatic rings. The fraction of sp³-hybridized carbons (Fsp3) is 0.444. The van der Waals surface area contributed by atoms with Gasteiger partial charge < -0.3 is 20.5 Å². The molecule has 0 saturated carbocycles. The van der Waals surface area contributed by atoms with Crippen molar-refractivity contribution in [3.63, 3.8) is 0 Å². The lowest BCUT2D eigenvalue weighted by molar-refractivity contribution is -0.137. The summed E-state index contributed by atoms with van der Waals surface area (Å²) in [5, 5.41) is 14.5. The fourth-order valence-corrected chi connectivity index (χ4v) is 4.48. The summed E-state index contributed by atoms with van der Waals surface area (Å²) in [7, 11) is 0. The second-order valence-electron chi connectivity index (χ2n) is 9.37. The Kier molecular flexibility index (Phi) is 8.68. The van der Waals surface area contributed by atoms with Gasteiger partial charge in [0, 0.05) is 24.9 Å². The number of hydrogen-bond donors (Lipinski definition) is 3. The molecular weight excluding hydrogens is 432 g/mol.